The fourth-order valence-corrected chi connectivity index (χ4v) is 3.80. The standard InChI is InChI=1S/C19H21N3O4S/c1-25-17-7-8-18(26-2)19(11-17)27(23,24)21-12-15-3-5-16(6-4-15)13-22-10-9-20-14-22/h3-11,14,21H,12-13H2,1-2H3. The van der Waals surface area contributed by atoms with Crippen LogP contribution in [0.2, 0.25) is 0 Å². The number of sulfonamides is 1. The molecule has 142 valence electrons. The molecule has 0 aliphatic rings. The number of aromatic nitrogens is 2. The highest BCUT2D eigenvalue weighted by Crippen LogP contribution is 2.28. The summed E-state index contributed by atoms with van der Waals surface area (Å²) in [7, 11) is -0.839. The molecular formula is C19H21N3O4S. The summed E-state index contributed by atoms with van der Waals surface area (Å²) in [5, 5.41) is 0. The molecule has 3 rings (SSSR count). The van der Waals surface area contributed by atoms with E-state index in [1.807, 2.05) is 35.0 Å². The van der Waals surface area contributed by atoms with E-state index in [-0.39, 0.29) is 17.2 Å². The van der Waals surface area contributed by atoms with Gasteiger partial charge in [-0.3, -0.25) is 0 Å². The average molecular weight is 387 g/mol. The first-order chi connectivity index (χ1) is 13.0. The van der Waals surface area contributed by atoms with Gasteiger partial charge >= 0.3 is 0 Å². The van der Waals surface area contributed by atoms with Crippen molar-refractivity contribution in [2.75, 3.05) is 14.2 Å². The first-order valence-electron chi connectivity index (χ1n) is 8.27. The van der Waals surface area contributed by atoms with Gasteiger partial charge in [0, 0.05) is 31.5 Å². The van der Waals surface area contributed by atoms with Gasteiger partial charge in [-0.05, 0) is 23.3 Å². The van der Waals surface area contributed by atoms with Crippen LogP contribution in [0.5, 0.6) is 11.5 Å². The quantitative estimate of drug-likeness (QED) is 0.642. The maximum absolute atomic E-state index is 12.7. The molecule has 8 heteroatoms. The lowest BCUT2D eigenvalue weighted by atomic mass is 10.1. The first-order valence-corrected chi connectivity index (χ1v) is 9.75. The fourth-order valence-electron chi connectivity index (χ4n) is 2.60. The van der Waals surface area contributed by atoms with Crippen molar-refractivity contribution in [3.63, 3.8) is 0 Å². The molecule has 0 unspecified atom stereocenters. The SMILES string of the molecule is COc1ccc(OC)c(S(=O)(=O)NCc2ccc(Cn3ccnc3)cc2)c1. The number of rotatable bonds is 8. The summed E-state index contributed by atoms with van der Waals surface area (Å²) in [4.78, 5) is 4.06. The van der Waals surface area contributed by atoms with Crippen LogP contribution in [0, 0.1) is 0 Å². The van der Waals surface area contributed by atoms with Crippen LogP contribution in [0.25, 0.3) is 0 Å². The molecule has 0 amide bonds. The van der Waals surface area contributed by atoms with Gasteiger partial charge in [0.1, 0.15) is 16.4 Å². The highest BCUT2D eigenvalue weighted by Gasteiger charge is 2.20. The van der Waals surface area contributed by atoms with Gasteiger partial charge in [-0.2, -0.15) is 0 Å². The normalized spacial score (nSPS) is 11.3. The van der Waals surface area contributed by atoms with Gasteiger partial charge in [-0.1, -0.05) is 24.3 Å². The second-order valence-electron chi connectivity index (χ2n) is 5.89. The lowest BCUT2D eigenvalue weighted by molar-refractivity contribution is 0.392. The van der Waals surface area contributed by atoms with Crippen molar-refractivity contribution in [1.82, 2.24) is 14.3 Å². The molecule has 0 aliphatic heterocycles. The summed E-state index contributed by atoms with van der Waals surface area (Å²) in [6.07, 6.45) is 5.38. The second-order valence-corrected chi connectivity index (χ2v) is 7.63. The minimum Gasteiger partial charge on any atom is -0.497 e. The van der Waals surface area contributed by atoms with E-state index in [0.717, 1.165) is 11.1 Å². The summed E-state index contributed by atoms with van der Waals surface area (Å²) in [6.45, 7) is 0.890. The maximum atomic E-state index is 12.7. The van der Waals surface area contributed by atoms with E-state index in [1.165, 1.54) is 20.3 Å². The third kappa shape index (κ3) is 4.66. The van der Waals surface area contributed by atoms with Crippen LogP contribution in [-0.4, -0.2) is 32.2 Å². The van der Waals surface area contributed by atoms with Crippen LogP contribution in [0.1, 0.15) is 11.1 Å². The highest BCUT2D eigenvalue weighted by atomic mass is 32.2. The Morgan fingerprint density at radius 1 is 1.04 bits per heavy atom. The van der Waals surface area contributed by atoms with E-state index in [0.29, 0.717) is 12.3 Å². The third-order valence-corrected chi connectivity index (χ3v) is 5.50. The Morgan fingerprint density at radius 2 is 1.78 bits per heavy atom. The van der Waals surface area contributed by atoms with Crippen molar-refractivity contribution in [3.05, 3.63) is 72.3 Å². The Labute approximate surface area is 158 Å². The van der Waals surface area contributed by atoms with Crippen molar-refractivity contribution in [2.24, 2.45) is 0 Å². The molecule has 1 aromatic heterocycles. The molecule has 7 nitrogen and oxygen atoms in total. The van der Waals surface area contributed by atoms with Gasteiger partial charge in [0.05, 0.1) is 20.5 Å². The number of nitrogens with zero attached hydrogens (tertiary/aromatic N) is 2. The van der Waals surface area contributed by atoms with Crippen LogP contribution < -0.4 is 14.2 Å². The highest BCUT2D eigenvalue weighted by molar-refractivity contribution is 7.89. The fraction of sp³-hybridized carbons (Fsp3) is 0.211. The van der Waals surface area contributed by atoms with Crippen LogP contribution in [0.4, 0.5) is 0 Å². The largest absolute Gasteiger partial charge is 0.497 e. The van der Waals surface area contributed by atoms with Gasteiger partial charge in [0.25, 0.3) is 0 Å². The number of hydrogen-bond donors (Lipinski definition) is 1. The number of imidazole rings is 1. The Morgan fingerprint density at radius 3 is 2.41 bits per heavy atom. The summed E-state index contributed by atoms with van der Waals surface area (Å²) in [6, 6.07) is 12.4. The van der Waals surface area contributed by atoms with Crippen molar-refractivity contribution in [3.8, 4) is 11.5 Å². The summed E-state index contributed by atoms with van der Waals surface area (Å²) >= 11 is 0. The van der Waals surface area contributed by atoms with E-state index in [9.17, 15) is 8.42 Å². The molecule has 0 radical (unpaired) electrons. The van der Waals surface area contributed by atoms with Gasteiger partial charge in [0.2, 0.25) is 10.0 Å². The Bertz CT molecular complexity index is 984. The molecule has 0 fully saturated rings. The molecule has 2 aromatic carbocycles. The van der Waals surface area contributed by atoms with Crippen LogP contribution >= 0.6 is 0 Å². The molecule has 1 N–H and O–H groups in total. The molecule has 0 aliphatic carbocycles. The number of hydrogen-bond acceptors (Lipinski definition) is 5. The number of methoxy groups -OCH3 is 2. The lowest BCUT2D eigenvalue weighted by Crippen LogP contribution is -2.23. The molecule has 0 bridgehead atoms. The lowest BCUT2D eigenvalue weighted by Gasteiger charge is -2.12. The van der Waals surface area contributed by atoms with E-state index in [2.05, 4.69) is 9.71 Å². The number of nitrogens with one attached hydrogen (secondary N) is 1. The van der Waals surface area contributed by atoms with Crippen molar-refractivity contribution in [2.45, 2.75) is 18.0 Å². The van der Waals surface area contributed by atoms with Gasteiger partial charge in [-0.25, -0.2) is 18.1 Å². The van der Waals surface area contributed by atoms with Crippen molar-refractivity contribution in [1.29, 1.82) is 0 Å². The van der Waals surface area contributed by atoms with Gasteiger partial charge in [-0.15, -0.1) is 0 Å². The minimum absolute atomic E-state index is 0.0427. The molecular weight excluding hydrogens is 366 g/mol. The van der Waals surface area contributed by atoms with Crippen LogP contribution in [0.15, 0.2) is 66.1 Å². The summed E-state index contributed by atoms with van der Waals surface area (Å²) < 4.78 is 40.2. The molecule has 0 saturated heterocycles. The summed E-state index contributed by atoms with van der Waals surface area (Å²) in [5.74, 6) is 0.707. The zero-order valence-electron chi connectivity index (χ0n) is 15.1. The van der Waals surface area contributed by atoms with Gasteiger partial charge in [0.15, 0.2) is 0 Å². The molecule has 1 heterocycles. The van der Waals surface area contributed by atoms with E-state index in [1.54, 1.807) is 24.7 Å². The summed E-state index contributed by atoms with van der Waals surface area (Å²) in [5.41, 5.74) is 1.96. The Kier molecular flexibility index (Phi) is 5.78. The number of ether oxygens (including phenoxy) is 2. The van der Waals surface area contributed by atoms with Crippen molar-refractivity contribution < 1.29 is 17.9 Å². The smallest absolute Gasteiger partial charge is 0.244 e. The molecule has 0 atom stereocenters. The van der Waals surface area contributed by atoms with E-state index < -0.39 is 10.0 Å². The van der Waals surface area contributed by atoms with Crippen LogP contribution in [-0.2, 0) is 23.1 Å². The Balaban J connectivity index is 1.70. The zero-order chi connectivity index (χ0) is 19.3. The Hall–Kier alpha value is -2.84. The minimum atomic E-state index is -3.75. The third-order valence-electron chi connectivity index (χ3n) is 4.07. The average Bonchev–Trinajstić information content (AvgIpc) is 3.20. The predicted molar refractivity (Wildman–Crippen MR) is 101 cm³/mol. The van der Waals surface area contributed by atoms with E-state index >= 15 is 0 Å². The van der Waals surface area contributed by atoms with E-state index in [4.69, 9.17) is 9.47 Å². The first kappa shape index (κ1) is 18.9. The second kappa shape index (κ2) is 8.24. The number of benzene rings is 2. The molecule has 0 spiro atoms. The van der Waals surface area contributed by atoms with Crippen LogP contribution in [0.3, 0.4) is 0 Å². The topological polar surface area (TPSA) is 82.5 Å². The van der Waals surface area contributed by atoms with Crippen molar-refractivity contribution >= 4 is 10.0 Å². The zero-order valence-corrected chi connectivity index (χ0v) is 15.9. The molecule has 3 aromatic rings. The molecule has 27 heavy (non-hydrogen) atoms. The predicted octanol–water partition coefficient (Wildman–Crippen LogP) is 2.43. The monoisotopic (exact) mass is 387 g/mol. The maximum Gasteiger partial charge on any atom is 0.244 e. The van der Waals surface area contributed by atoms with Gasteiger partial charge < -0.3 is 14.0 Å². The molecule has 0 saturated carbocycles.